The van der Waals surface area contributed by atoms with Crippen LogP contribution in [0.5, 0.6) is 0 Å². The van der Waals surface area contributed by atoms with Gasteiger partial charge in [-0.3, -0.25) is 0 Å². The fraction of sp³-hybridized carbons (Fsp3) is 0.0882. The molecule has 0 unspecified atom stereocenters. The molecule has 0 bridgehead atoms. The van der Waals surface area contributed by atoms with Crippen molar-refractivity contribution < 1.29 is 0 Å². The van der Waals surface area contributed by atoms with Crippen molar-refractivity contribution in [1.29, 1.82) is 0 Å². The molecular formula is C68H50N2. The largest absolute Gasteiger partial charge is 0.310 e. The van der Waals surface area contributed by atoms with Gasteiger partial charge in [0.25, 0.3) is 0 Å². The molecule has 2 aliphatic carbocycles. The Bertz CT molecular complexity index is 4140. The highest BCUT2D eigenvalue weighted by Gasteiger charge is 2.45. The maximum absolute atomic E-state index is 2.50. The van der Waals surface area contributed by atoms with Crippen molar-refractivity contribution in [3.05, 3.63) is 253 Å². The Kier molecular flexibility index (Phi) is 8.71. The summed E-state index contributed by atoms with van der Waals surface area (Å²) in [5, 5.41) is 12.4. The van der Waals surface area contributed by atoms with Crippen molar-refractivity contribution in [3.8, 4) is 22.3 Å². The predicted octanol–water partition coefficient (Wildman–Crippen LogP) is 19.0. The van der Waals surface area contributed by atoms with E-state index in [4.69, 9.17) is 0 Å². The second kappa shape index (κ2) is 15.0. The maximum atomic E-state index is 2.50. The van der Waals surface area contributed by atoms with E-state index >= 15 is 0 Å². The van der Waals surface area contributed by atoms with Crippen molar-refractivity contribution in [2.45, 2.75) is 38.5 Å². The number of fused-ring (bicyclic) bond motifs is 10. The fourth-order valence-corrected chi connectivity index (χ4v) is 12.6. The number of rotatable bonds is 6. The Labute approximate surface area is 409 Å². The smallest absolute Gasteiger partial charge is 0.0540 e. The predicted molar refractivity (Wildman–Crippen MR) is 298 cm³/mol. The molecular weight excluding hydrogens is 845 g/mol. The summed E-state index contributed by atoms with van der Waals surface area (Å²) in [4.78, 5) is 4.97. The SMILES string of the molecule is CC1(C)c2cc(N(c3ccc4ccccc4c3)c3cccc4ccccc34)ccc2-c2ccc3c(c21)C(C)(C)c1cccc2c(N(c4ccc5ccccc5c4)c4cccc5ccccc45)ccc-3c12. The van der Waals surface area contributed by atoms with Crippen LogP contribution in [-0.4, -0.2) is 0 Å². The Morgan fingerprint density at radius 3 is 1.31 bits per heavy atom. The van der Waals surface area contributed by atoms with Crippen LogP contribution in [0.3, 0.4) is 0 Å². The third-order valence-corrected chi connectivity index (χ3v) is 15.9. The van der Waals surface area contributed by atoms with Crippen LogP contribution in [0.1, 0.15) is 49.9 Å². The van der Waals surface area contributed by atoms with E-state index in [-0.39, 0.29) is 10.8 Å². The van der Waals surface area contributed by atoms with Crippen molar-refractivity contribution in [1.82, 2.24) is 0 Å². The number of nitrogens with zero attached hydrogens (tertiary/aromatic N) is 2. The Hall–Kier alpha value is -8.46. The van der Waals surface area contributed by atoms with Crippen LogP contribution in [0.25, 0.3) is 76.1 Å². The fourth-order valence-electron chi connectivity index (χ4n) is 12.6. The summed E-state index contributed by atoms with van der Waals surface area (Å²) in [7, 11) is 0. The molecule has 0 heterocycles. The molecule has 0 fully saturated rings. The van der Waals surface area contributed by atoms with Crippen LogP contribution in [0.2, 0.25) is 0 Å². The van der Waals surface area contributed by atoms with E-state index in [0.717, 1.165) is 17.1 Å². The lowest BCUT2D eigenvalue weighted by Crippen LogP contribution is -2.29. The third-order valence-electron chi connectivity index (χ3n) is 15.9. The molecule has 2 heteroatoms. The molecule has 0 spiro atoms. The van der Waals surface area contributed by atoms with E-state index in [1.807, 2.05) is 0 Å². The summed E-state index contributed by atoms with van der Waals surface area (Å²) in [6.07, 6.45) is 0. The molecule has 2 aliphatic rings. The van der Waals surface area contributed by atoms with Gasteiger partial charge in [0, 0.05) is 44.1 Å². The van der Waals surface area contributed by atoms with Gasteiger partial charge in [0.15, 0.2) is 0 Å². The van der Waals surface area contributed by atoms with Crippen LogP contribution in [0.4, 0.5) is 34.1 Å². The molecule has 12 aromatic rings. The summed E-state index contributed by atoms with van der Waals surface area (Å²) < 4.78 is 0. The third kappa shape index (κ3) is 5.86. The van der Waals surface area contributed by atoms with Crippen LogP contribution >= 0.6 is 0 Å². The number of hydrogen-bond acceptors (Lipinski definition) is 2. The summed E-state index contributed by atoms with van der Waals surface area (Å²) in [6, 6.07) is 86.0. The van der Waals surface area contributed by atoms with E-state index in [0.29, 0.717) is 0 Å². The first kappa shape index (κ1) is 40.6. The summed E-state index contributed by atoms with van der Waals surface area (Å²) in [5.74, 6) is 0. The lowest BCUT2D eigenvalue weighted by Gasteiger charge is -2.40. The van der Waals surface area contributed by atoms with Gasteiger partial charge >= 0.3 is 0 Å². The molecule has 0 aromatic heterocycles. The van der Waals surface area contributed by atoms with Gasteiger partial charge in [0.05, 0.1) is 17.1 Å². The minimum atomic E-state index is -0.304. The minimum absolute atomic E-state index is 0.288. The Morgan fingerprint density at radius 2 is 0.686 bits per heavy atom. The minimum Gasteiger partial charge on any atom is -0.310 e. The van der Waals surface area contributed by atoms with Crippen molar-refractivity contribution in [2.75, 3.05) is 9.80 Å². The first-order valence-corrected chi connectivity index (χ1v) is 24.7. The number of hydrogen-bond donors (Lipinski definition) is 0. The standard InChI is InChI=1S/C68H50N2/c1-67(2)59-27-15-26-58-63(70(50-33-31-44-17-6-8-21-48(44)41-50)62-29-14-23-46-19-10-12-25-53(46)62)39-38-55(64(58)59)57-37-36-56-54-35-34-51(42-60(54)68(3,4)65(56)66(57)67)69(49-32-30-43-16-5-7-20-47(43)40-49)61-28-13-22-45-18-9-11-24-52(45)61/h5-42H,1-4H3. The van der Waals surface area contributed by atoms with Gasteiger partial charge < -0.3 is 9.80 Å². The van der Waals surface area contributed by atoms with Gasteiger partial charge in [-0.15, -0.1) is 0 Å². The highest BCUT2D eigenvalue weighted by Crippen LogP contribution is 2.60. The van der Waals surface area contributed by atoms with Crippen molar-refractivity contribution in [3.63, 3.8) is 0 Å². The molecule has 0 saturated heterocycles. The van der Waals surface area contributed by atoms with E-state index in [1.165, 1.54) is 115 Å². The molecule has 0 atom stereocenters. The molecule has 0 amide bonds. The zero-order chi connectivity index (χ0) is 46.9. The average Bonchev–Trinajstić information content (AvgIpc) is 3.63. The monoisotopic (exact) mass is 894 g/mol. The quantitative estimate of drug-likeness (QED) is 0.164. The van der Waals surface area contributed by atoms with Crippen molar-refractivity contribution >= 4 is 88.0 Å². The molecule has 0 radical (unpaired) electrons. The molecule has 0 N–H and O–H groups in total. The molecule has 14 rings (SSSR count). The molecule has 332 valence electrons. The normalized spacial score (nSPS) is 13.9. The topological polar surface area (TPSA) is 6.48 Å². The molecule has 0 aliphatic heterocycles. The molecule has 70 heavy (non-hydrogen) atoms. The van der Waals surface area contributed by atoms with Crippen molar-refractivity contribution in [2.24, 2.45) is 0 Å². The van der Waals surface area contributed by atoms with Gasteiger partial charge in [-0.2, -0.15) is 0 Å². The number of benzene rings is 12. The van der Waals surface area contributed by atoms with Gasteiger partial charge in [0.2, 0.25) is 0 Å². The van der Waals surface area contributed by atoms with E-state index in [2.05, 4.69) is 268 Å². The van der Waals surface area contributed by atoms with Gasteiger partial charge in [-0.1, -0.05) is 204 Å². The van der Waals surface area contributed by atoms with Crippen LogP contribution in [0, 0.1) is 0 Å². The Morgan fingerprint density at radius 1 is 0.271 bits per heavy atom. The van der Waals surface area contributed by atoms with Gasteiger partial charge in [-0.25, -0.2) is 0 Å². The summed E-state index contributed by atoms with van der Waals surface area (Å²) >= 11 is 0. The maximum Gasteiger partial charge on any atom is 0.0540 e. The first-order chi connectivity index (χ1) is 34.2. The Balaban J connectivity index is 0.947. The lowest BCUT2D eigenvalue weighted by atomic mass is 9.63. The zero-order valence-corrected chi connectivity index (χ0v) is 39.8. The molecule has 12 aromatic carbocycles. The van der Waals surface area contributed by atoms with Gasteiger partial charge in [0.1, 0.15) is 0 Å². The first-order valence-electron chi connectivity index (χ1n) is 24.7. The highest BCUT2D eigenvalue weighted by molar-refractivity contribution is 6.13. The van der Waals surface area contributed by atoms with E-state index in [9.17, 15) is 0 Å². The second-order valence-corrected chi connectivity index (χ2v) is 20.5. The van der Waals surface area contributed by atoms with Gasteiger partial charge in [-0.05, 0) is 137 Å². The molecule has 2 nitrogen and oxygen atoms in total. The van der Waals surface area contributed by atoms with Crippen LogP contribution < -0.4 is 9.80 Å². The zero-order valence-electron chi connectivity index (χ0n) is 39.8. The van der Waals surface area contributed by atoms with E-state index in [1.54, 1.807) is 0 Å². The average molecular weight is 895 g/mol. The number of anilines is 6. The summed E-state index contributed by atoms with van der Waals surface area (Å²) in [5.41, 5.74) is 17.2. The lowest BCUT2D eigenvalue weighted by molar-refractivity contribution is 0.591. The second-order valence-electron chi connectivity index (χ2n) is 20.5. The highest BCUT2D eigenvalue weighted by atomic mass is 15.2. The summed E-state index contributed by atoms with van der Waals surface area (Å²) in [6.45, 7) is 9.85. The van der Waals surface area contributed by atoms with Crippen LogP contribution in [0.15, 0.2) is 231 Å². The molecule has 0 saturated carbocycles. The van der Waals surface area contributed by atoms with Crippen LogP contribution in [-0.2, 0) is 10.8 Å². The van der Waals surface area contributed by atoms with E-state index < -0.39 is 0 Å².